The molecule has 1 aliphatic rings. The largest absolute Gasteiger partial charge is 0.379 e. The molecule has 1 atom stereocenters. The molecule has 0 saturated carbocycles. The number of rotatable bonds is 3. The van der Waals surface area contributed by atoms with Crippen LogP contribution in [0.3, 0.4) is 0 Å². The Morgan fingerprint density at radius 2 is 2.25 bits per heavy atom. The van der Waals surface area contributed by atoms with Gasteiger partial charge in [0.15, 0.2) is 0 Å². The lowest BCUT2D eigenvalue weighted by atomic mass is 10.0. The third-order valence-electron chi connectivity index (χ3n) is 2.73. The molecule has 0 bridgehead atoms. The molecule has 2 rings (SSSR count). The lowest BCUT2D eigenvalue weighted by Crippen LogP contribution is -2.35. The van der Waals surface area contributed by atoms with Gasteiger partial charge in [-0.25, -0.2) is 4.98 Å². The molecule has 0 amide bonds. The van der Waals surface area contributed by atoms with Gasteiger partial charge in [-0.15, -0.1) is 0 Å². The van der Waals surface area contributed by atoms with Crippen molar-refractivity contribution in [2.45, 2.75) is 25.8 Å². The molecule has 1 saturated heterocycles. The number of nitrogens with zero attached hydrogens (tertiary/aromatic N) is 2. The van der Waals surface area contributed by atoms with Crippen LogP contribution in [-0.2, 0) is 4.74 Å². The number of ether oxygens (including phenoxy) is 1. The first kappa shape index (κ1) is 11.1. The Hall–Kier alpha value is -1.36. The standard InChI is InChI=1S/C11H18N4O/c1-8-6-9(14-10(12-3)13-8)15-11(2)4-5-16-7-11/h6H,4-5,7H2,1-3H3,(H2,12,13,14,15). The molecule has 16 heavy (non-hydrogen) atoms. The second kappa shape index (κ2) is 4.25. The Morgan fingerprint density at radius 3 is 2.88 bits per heavy atom. The van der Waals surface area contributed by atoms with Crippen LogP contribution in [0.4, 0.5) is 11.8 Å². The maximum Gasteiger partial charge on any atom is 0.224 e. The summed E-state index contributed by atoms with van der Waals surface area (Å²) in [7, 11) is 1.82. The Morgan fingerprint density at radius 1 is 1.44 bits per heavy atom. The molecule has 1 aromatic heterocycles. The third kappa shape index (κ3) is 2.41. The average molecular weight is 222 g/mol. The molecule has 0 aliphatic carbocycles. The SMILES string of the molecule is CNc1nc(C)cc(NC2(C)CCOC2)n1. The van der Waals surface area contributed by atoms with Crippen molar-refractivity contribution in [3.8, 4) is 0 Å². The van der Waals surface area contributed by atoms with Gasteiger partial charge in [0.25, 0.3) is 0 Å². The van der Waals surface area contributed by atoms with E-state index >= 15 is 0 Å². The predicted molar refractivity (Wildman–Crippen MR) is 63.8 cm³/mol. The summed E-state index contributed by atoms with van der Waals surface area (Å²) in [5, 5.41) is 6.37. The third-order valence-corrected chi connectivity index (χ3v) is 2.73. The monoisotopic (exact) mass is 222 g/mol. The first-order chi connectivity index (χ1) is 7.61. The fraction of sp³-hybridized carbons (Fsp3) is 0.636. The van der Waals surface area contributed by atoms with Crippen molar-refractivity contribution < 1.29 is 4.74 Å². The maximum atomic E-state index is 5.40. The van der Waals surface area contributed by atoms with Gasteiger partial charge in [-0.3, -0.25) is 0 Å². The van der Waals surface area contributed by atoms with Crippen LogP contribution >= 0.6 is 0 Å². The number of aromatic nitrogens is 2. The van der Waals surface area contributed by atoms with Crippen LogP contribution in [0, 0.1) is 6.92 Å². The molecular weight excluding hydrogens is 204 g/mol. The predicted octanol–water partition coefficient (Wildman–Crippen LogP) is 1.42. The van der Waals surface area contributed by atoms with E-state index in [2.05, 4.69) is 27.5 Å². The Kier molecular flexibility index (Phi) is 2.96. The van der Waals surface area contributed by atoms with E-state index < -0.39 is 0 Å². The minimum absolute atomic E-state index is 0.00813. The molecule has 0 aromatic carbocycles. The minimum atomic E-state index is -0.00813. The van der Waals surface area contributed by atoms with E-state index in [9.17, 15) is 0 Å². The van der Waals surface area contributed by atoms with Crippen LogP contribution in [0.1, 0.15) is 19.0 Å². The van der Waals surface area contributed by atoms with Crippen LogP contribution in [0.25, 0.3) is 0 Å². The summed E-state index contributed by atoms with van der Waals surface area (Å²) in [5.74, 6) is 1.50. The van der Waals surface area contributed by atoms with Crippen LogP contribution in [0.2, 0.25) is 0 Å². The number of hydrogen-bond acceptors (Lipinski definition) is 5. The lowest BCUT2D eigenvalue weighted by Gasteiger charge is -2.24. The highest BCUT2D eigenvalue weighted by molar-refractivity contribution is 5.44. The normalized spacial score (nSPS) is 24.4. The van der Waals surface area contributed by atoms with Gasteiger partial charge in [-0.05, 0) is 20.3 Å². The first-order valence-corrected chi connectivity index (χ1v) is 5.51. The second-order valence-electron chi connectivity index (χ2n) is 4.46. The molecule has 88 valence electrons. The molecule has 0 radical (unpaired) electrons. The van der Waals surface area contributed by atoms with E-state index in [4.69, 9.17) is 4.74 Å². The van der Waals surface area contributed by atoms with E-state index in [0.29, 0.717) is 5.95 Å². The van der Waals surface area contributed by atoms with Crippen molar-refractivity contribution in [3.63, 3.8) is 0 Å². The molecule has 1 aliphatic heterocycles. The van der Waals surface area contributed by atoms with Crippen molar-refractivity contribution in [2.75, 3.05) is 30.9 Å². The summed E-state index contributed by atoms with van der Waals surface area (Å²) >= 11 is 0. The van der Waals surface area contributed by atoms with E-state index in [1.165, 1.54) is 0 Å². The zero-order valence-corrected chi connectivity index (χ0v) is 10.0. The average Bonchev–Trinajstić information content (AvgIpc) is 2.63. The molecule has 5 nitrogen and oxygen atoms in total. The van der Waals surface area contributed by atoms with Crippen molar-refractivity contribution >= 4 is 11.8 Å². The van der Waals surface area contributed by atoms with Crippen molar-refractivity contribution in [3.05, 3.63) is 11.8 Å². The smallest absolute Gasteiger partial charge is 0.224 e. The molecule has 1 aromatic rings. The van der Waals surface area contributed by atoms with E-state index in [1.54, 1.807) is 0 Å². The van der Waals surface area contributed by atoms with Gasteiger partial charge >= 0.3 is 0 Å². The van der Waals surface area contributed by atoms with Gasteiger partial charge in [-0.2, -0.15) is 4.98 Å². The Labute approximate surface area is 95.6 Å². The molecule has 1 fully saturated rings. The highest BCUT2D eigenvalue weighted by Gasteiger charge is 2.29. The molecular formula is C11H18N4O. The molecule has 0 spiro atoms. The maximum absolute atomic E-state index is 5.40. The van der Waals surface area contributed by atoms with Crippen LogP contribution in [-0.4, -0.2) is 35.8 Å². The van der Waals surface area contributed by atoms with Gasteiger partial charge < -0.3 is 15.4 Å². The zero-order chi connectivity index (χ0) is 11.6. The van der Waals surface area contributed by atoms with Gasteiger partial charge in [-0.1, -0.05) is 0 Å². The summed E-state index contributed by atoms with van der Waals surface area (Å²) in [6.07, 6.45) is 1.00. The first-order valence-electron chi connectivity index (χ1n) is 5.51. The van der Waals surface area contributed by atoms with Crippen molar-refractivity contribution in [1.29, 1.82) is 0 Å². The highest BCUT2D eigenvalue weighted by atomic mass is 16.5. The van der Waals surface area contributed by atoms with E-state index in [-0.39, 0.29) is 5.54 Å². The van der Waals surface area contributed by atoms with Gasteiger partial charge in [0, 0.05) is 25.4 Å². The van der Waals surface area contributed by atoms with Crippen LogP contribution in [0.5, 0.6) is 0 Å². The van der Waals surface area contributed by atoms with E-state index in [1.807, 2.05) is 20.0 Å². The van der Waals surface area contributed by atoms with E-state index in [0.717, 1.165) is 31.1 Å². The fourth-order valence-electron chi connectivity index (χ4n) is 1.82. The summed E-state index contributed by atoms with van der Waals surface area (Å²) < 4.78 is 5.40. The van der Waals surface area contributed by atoms with Gasteiger partial charge in [0.2, 0.25) is 5.95 Å². The van der Waals surface area contributed by atoms with Crippen LogP contribution < -0.4 is 10.6 Å². The fourth-order valence-corrected chi connectivity index (χ4v) is 1.82. The molecule has 5 heteroatoms. The summed E-state index contributed by atoms with van der Waals surface area (Å²) in [5.41, 5.74) is 0.940. The van der Waals surface area contributed by atoms with Crippen LogP contribution in [0.15, 0.2) is 6.07 Å². The van der Waals surface area contributed by atoms with Gasteiger partial charge in [0.1, 0.15) is 5.82 Å². The molecule has 2 heterocycles. The van der Waals surface area contributed by atoms with Gasteiger partial charge in [0.05, 0.1) is 12.1 Å². The molecule has 2 N–H and O–H groups in total. The summed E-state index contributed by atoms with van der Waals surface area (Å²) in [6.45, 7) is 5.65. The Bertz CT molecular complexity index is 374. The quantitative estimate of drug-likeness (QED) is 0.810. The van der Waals surface area contributed by atoms with Crippen molar-refractivity contribution in [2.24, 2.45) is 0 Å². The second-order valence-corrected chi connectivity index (χ2v) is 4.46. The Balaban J connectivity index is 2.17. The summed E-state index contributed by atoms with van der Waals surface area (Å²) in [6, 6.07) is 1.95. The number of hydrogen-bond donors (Lipinski definition) is 2. The number of aryl methyl sites for hydroxylation is 1. The number of anilines is 2. The van der Waals surface area contributed by atoms with Crippen molar-refractivity contribution in [1.82, 2.24) is 9.97 Å². The number of nitrogens with one attached hydrogen (secondary N) is 2. The lowest BCUT2D eigenvalue weighted by molar-refractivity contribution is 0.185. The highest BCUT2D eigenvalue weighted by Crippen LogP contribution is 2.23. The topological polar surface area (TPSA) is 59.1 Å². The minimum Gasteiger partial charge on any atom is -0.379 e. The zero-order valence-electron chi connectivity index (χ0n) is 10.0. The summed E-state index contributed by atoms with van der Waals surface area (Å²) in [4.78, 5) is 8.63. The molecule has 1 unspecified atom stereocenters.